The quantitative estimate of drug-likeness (QED) is 0.202. The number of allylic oxidation sites excluding steroid dienone is 4. The van der Waals surface area contributed by atoms with Crippen LogP contribution in [0.25, 0.3) is 51.4 Å². The van der Waals surface area contributed by atoms with Gasteiger partial charge in [-0.05, 0) is 78.1 Å². The molecule has 50 heavy (non-hydrogen) atoms. The van der Waals surface area contributed by atoms with E-state index in [9.17, 15) is 0 Å². The summed E-state index contributed by atoms with van der Waals surface area (Å²) in [4.78, 5) is 0. The summed E-state index contributed by atoms with van der Waals surface area (Å²) >= 11 is 0. The molecule has 0 spiro atoms. The number of nitrogens with zero attached hydrogens (tertiary/aromatic N) is 1. The van der Waals surface area contributed by atoms with Crippen LogP contribution in [0, 0.1) is 17.8 Å². The fraction of sp³-hybridized carbons (Fsp3) is 0.217. The molecule has 6 unspecified atom stereocenters. The molecule has 2 aromatic heterocycles. The van der Waals surface area contributed by atoms with Crippen LogP contribution >= 0.6 is 0 Å². The summed E-state index contributed by atoms with van der Waals surface area (Å²) in [6.07, 6.45) is 18.6. The minimum atomic E-state index is 0.0257. The Morgan fingerprint density at radius 1 is 0.780 bits per heavy atom. The molecule has 244 valence electrons. The normalized spacial score (nSPS) is 26.4. The summed E-state index contributed by atoms with van der Waals surface area (Å²) in [6.45, 7) is 0. The first-order valence-corrected chi connectivity index (χ1v) is 18.4. The molecule has 0 saturated carbocycles. The average Bonchev–Trinajstić information content (AvgIpc) is 3.72. The van der Waals surface area contributed by atoms with Crippen LogP contribution in [0.15, 0.2) is 126 Å². The van der Waals surface area contributed by atoms with Gasteiger partial charge in [0.2, 0.25) is 0 Å². The van der Waals surface area contributed by atoms with Crippen molar-refractivity contribution in [2.45, 2.75) is 43.9 Å². The second-order valence-electron chi connectivity index (χ2n) is 14.8. The topological polar surface area (TPSA) is 42.1 Å². The van der Waals surface area contributed by atoms with Gasteiger partial charge in [-0.25, -0.2) is 0 Å². The Balaban J connectivity index is 1.21. The van der Waals surface area contributed by atoms with Gasteiger partial charge in [-0.3, -0.25) is 10.6 Å². The van der Waals surface area contributed by atoms with E-state index >= 15 is 0 Å². The van der Waals surface area contributed by atoms with E-state index in [1.165, 1.54) is 60.4 Å². The van der Waals surface area contributed by atoms with E-state index < -0.39 is 0 Å². The second-order valence-corrected chi connectivity index (χ2v) is 14.8. The number of furan rings is 1. The van der Waals surface area contributed by atoms with Crippen molar-refractivity contribution in [2.24, 2.45) is 17.8 Å². The molecular weight excluding hydrogens is 611 g/mol. The van der Waals surface area contributed by atoms with E-state index in [0.717, 1.165) is 37.0 Å². The highest BCUT2D eigenvalue weighted by molar-refractivity contribution is 6.09. The van der Waals surface area contributed by atoms with Gasteiger partial charge < -0.3 is 8.98 Å². The van der Waals surface area contributed by atoms with Crippen LogP contribution in [0.3, 0.4) is 0 Å². The molecule has 1 fully saturated rings. The molecule has 1 saturated heterocycles. The van der Waals surface area contributed by atoms with Gasteiger partial charge in [0.05, 0.1) is 11.7 Å². The third-order valence-corrected chi connectivity index (χ3v) is 12.2. The highest BCUT2D eigenvalue weighted by atomic mass is 16.3. The molecule has 11 rings (SSSR count). The minimum absolute atomic E-state index is 0.0257. The maximum atomic E-state index is 6.55. The van der Waals surface area contributed by atoms with E-state index in [-0.39, 0.29) is 24.2 Å². The third-order valence-electron chi connectivity index (χ3n) is 12.2. The molecule has 4 heteroatoms. The van der Waals surface area contributed by atoms with Gasteiger partial charge in [-0.1, -0.05) is 115 Å². The zero-order valence-electron chi connectivity index (χ0n) is 27.9. The number of fused-ring (bicyclic) bond motifs is 13. The molecular formula is C46H39N3O. The van der Waals surface area contributed by atoms with Crippen molar-refractivity contribution >= 4 is 51.4 Å². The standard InChI is InChI=1S/C46H39N3O/c1-4-12-28(13-5-1)31-21-24-37-36(26-31)44-41(43(29-14-6-2-7-15-29)47-46(48-44)30-16-8-3-9-17-30)32-20-22-33-34-23-25-40-42(45(34)49(37)38(33)27-32)35-18-10-11-19-39(35)50-40/h1-9,11-17,19,21-25,27,32,36,41,43-44,46-48H,10,18,20,26H2. The van der Waals surface area contributed by atoms with Crippen LogP contribution in [0.1, 0.15) is 59.5 Å². The summed E-state index contributed by atoms with van der Waals surface area (Å²) < 4.78 is 9.22. The molecule has 2 bridgehead atoms. The van der Waals surface area contributed by atoms with Crippen LogP contribution in [0.4, 0.5) is 0 Å². The molecule has 4 heterocycles. The number of hydrogen-bond donors (Lipinski definition) is 2. The Morgan fingerprint density at radius 2 is 1.56 bits per heavy atom. The van der Waals surface area contributed by atoms with Crippen molar-refractivity contribution in [3.63, 3.8) is 0 Å². The predicted molar refractivity (Wildman–Crippen MR) is 204 cm³/mol. The molecule has 6 atom stereocenters. The Morgan fingerprint density at radius 3 is 2.38 bits per heavy atom. The third kappa shape index (κ3) is 4.25. The number of rotatable bonds is 3. The summed E-state index contributed by atoms with van der Waals surface area (Å²) in [7, 11) is 0. The molecule has 4 nitrogen and oxygen atoms in total. The van der Waals surface area contributed by atoms with Gasteiger partial charge in [-0.2, -0.15) is 0 Å². The van der Waals surface area contributed by atoms with Gasteiger partial charge in [0.25, 0.3) is 0 Å². The summed E-state index contributed by atoms with van der Waals surface area (Å²) in [6, 6.07) is 38.1. The summed E-state index contributed by atoms with van der Waals surface area (Å²) in [5, 5.41) is 13.8. The van der Waals surface area contributed by atoms with Crippen molar-refractivity contribution in [1.29, 1.82) is 0 Å². The van der Waals surface area contributed by atoms with Crippen molar-refractivity contribution in [1.82, 2.24) is 15.2 Å². The summed E-state index contributed by atoms with van der Waals surface area (Å²) in [5.74, 6) is 1.97. The van der Waals surface area contributed by atoms with Gasteiger partial charge in [-0.15, -0.1) is 0 Å². The zero-order chi connectivity index (χ0) is 32.8. The van der Waals surface area contributed by atoms with Crippen molar-refractivity contribution in [2.75, 3.05) is 0 Å². The van der Waals surface area contributed by atoms with Crippen LogP contribution in [-0.4, -0.2) is 10.6 Å². The van der Waals surface area contributed by atoms with Crippen LogP contribution in [0.2, 0.25) is 0 Å². The number of benzene rings is 4. The maximum absolute atomic E-state index is 6.55. The lowest BCUT2D eigenvalue weighted by molar-refractivity contribution is 0.106. The number of hydrogen-bond acceptors (Lipinski definition) is 3. The monoisotopic (exact) mass is 649 g/mol. The average molecular weight is 650 g/mol. The second kappa shape index (κ2) is 11.2. The smallest absolute Gasteiger partial charge is 0.137 e. The highest BCUT2D eigenvalue weighted by Crippen LogP contribution is 2.49. The van der Waals surface area contributed by atoms with Crippen molar-refractivity contribution in [3.8, 4) is 0 Å². The highest BCUT2D eigenvalue weighted by Gasteiger charge is 2.48. The van der Waals surface area contributed by atoms with E-state index in [4.69, 9.17) is 4.42 Å². The van der Waals surface area contributed by atoms with Crippen molar-refractivity contribution in [3.05, 3.63) is 160 Å². The molecule has 0 amide bonds. The molecule has 0 radical (unpaired) electrons. The fourth-order valence-corrected chi connectivity index (χ4v) is 10.0. The van der Waals surface area contributed by atoms with Crippen LogP contribution < -0.4 is 21.2 Å². The van der Waals surface area contributed by atoms with E-state index in [1.54, 1.807) is 0 Å². The molecule has 2 aliphatic heterocycles. The van der Waals surface area contributed by atoms with Gasteiger partial charge >= 0.3 is 0 Å². The van der Waals surface area contributed by atoms with E-state index in [0.29, 0.717) is 11.8 Å². The lowest BCUT2D eigenvalue weighted by Crippen LogP contribution is -2.61. The Hall–Kier alpha value is -5.16. The summed E-state index contributed by atoms with van der Waals surface area (Å²) in [5.41, 5.74) is 10.4. The molecule has 4 aromatic carbocycles. The first-order chi connectivity index (χ1) is 24.8. The number of aromatic nitrogens is 1. The van der Waals surface area contributed by atoms with Crippen LogP contribution in [-0.2, 0) is 6.42 Å². The molecule has 6 aromatic rings. The zero-order valence-corrected chi connectivity index (χ0v) is 27.9. The Bertz CT molecular complexity index is 2520. The fourth-order valence-electron chi connectivity index (χ4n) is 10.0. The van der Waals surface area contributed by atoms with Crippen LogP contribution in [0.5, 0.6) is 0 Å². The Kier molecular flexibility index (Phi) is 6.41. The largest absolute Gasteiger partial charge is 0.456 e. The first kappa shape index (κ1) is 28.7. The minimum Gasteiger partial charge on any atom is -0.456 e. The SMILES string of the molecule is C1=Cc2oc3ccc4c5c6n(c4c3c2CC1)C1=CC=C(c2ccccc2)CC1C1NC(c2ccccc2)NC(c2ccccc2)C1C(C=6)CC=5. The van der Waals surface area contributed by atoms with Gasteiger partial charge in [0.1, 0.15) is 11.3 Å². The number of aryl methyl sites for hydroxylation is 1. The van der Waals surface area contributed by atoms with E-state index in [2.05, 4.69) is 155 Å². The molecule has 5 aliphatic rings. The molecule has 3 aliphatic carbocycles. The lowest BCUT2D eigenvalue weighted by atomic mass is 9.66. The van der Waals surface area contributed by atoms with Gasteiger partial charge in [0, 0.05) is 56.5 Å². The lowest BCUT2D eigenvalue weighted by Gasteiger charge is -2.51. The Labute approximate surface area is 291 Å². The molecule has 2 N–H and O–H groups in total. The van der Waals surface area contributed by atoms with Crippen molar-refractivity contribution < 1.29 is 4.42 Å². The number of nitrogens with one attached hydrogen (secondary N) is 2. The first-order valence-electron chi connectivity index (χ1n) is 18.4. The maximum Gasteiger partial charge on any atom is 0.137 e. The van der Waals surface area contributed by atoms with Gasteiger partial charge in [0.15, 0.2) is 0 Å². The van der Waals surface area contributed by atoms with E-state index in [1.807, 2.05) is 0 Å². The predicted octanol–water partition coefficient (Wildman–Crippen LogP) is 8.50.